The molecule has 0 saturated carbocycles. The van der Waals surface area contributed by atoms with Gasteiger partial charge < -0.3 is 15.6 Å². The SMILES string of the molecule is CC[C@@H](C)[C@@H](N)C1(O)COC1. The van der Waals surface area contributed by atoms with E-state index < -0.39 is 5.60 Å². The molecule has 3 heteroatoms. The van der Waals surface area contributed by atoms with Gasteiger partial charge >= 0.3 is 0 Å². The summed E-state index contributed by atoms with van der Waals surface area (Å²) < 4.78 is 4.92. The van der Waals surface area contributed by atoms with Crippen molar-refractivity contribution >= 4 is 0 Å². The lowest BCUT2D eigenvalue weighted by molar-refractivity contribution is -0.195. The summed E-state index contributed by atoms with van der Waals surface area (Å²) in [5.41, 5.74) is 5.10. The second kappa shape index (κ2) is 3.09. The van der Waals surface area contributed by atoms with Crippen LogP contribution in [0.4, 0.5) is 0 Å². The maximum absolute atomic E-state index is 9.73. The first-order chi connectivity index (χ1) is 5.10. The average molecular weight is 159 g/mol. The molecule has 66 valence electrons. The van der Waals surface area contributed by atoms with E-state index in [1.54, 1.807) is 0 Å². The predicted molar refractivity (Wildman–Crippen MR) is 43.2 cm³/mol. The Hall–Kier alpha value is -0.120. The van der Waals surface area contributed by atoms with Gasteiger partial charge in [0.15, 0.2) is 0 Å². The van der Waals surface area contributed by atoms with E-state index in [9.17, 15) is 5.11 Å². The molecule has 0 radical (unpaired) electrons. The van der Waals surface area contributed by atoms with Gasteiger partial charge in [-0.2, -0.15) is 0 Å². The molecule has 3 nitrogen and oxygen atoms in total. The molecule has 0 aromatic heterocycles. The van der Waals surface area contributed by atoms with Crippen LogP contribution >= 0.6 is 0 Å². The van der Waals surface area contributed by atoms with Gasteiger partial charge in [-0.1, -0.05) is 20.3 Å². The Morgan fingerprint density at radius 1 is 1.64 bits per heavy atom. The van der Waals surface area contributed by atoms with Crippen LogP contribution in [0, 0.1) is 5.92 Å². The van der Waals surface area contributed by atoms with Crippen LogP contribution in [0.25, 0.3) is 0 Å². The molecule has 0 aromatic rings. The molecule has 3 N–H and O–H groups in total. The highest BCUT2D eigenvalue weighted by atomic mass is 16.5. The number of hydrogen-bond donors (Lipinski definition) is 2. The van der Waals surface area contributed by atoms with Crippen LogP contribution in [0.15, 0.2) is 0 Å². The lowest BCUT2D eigenvalue weighted by Gasteiger charge is -2.43. The van der Waals surface area contributed by atoms with Gasteiger partial charge in [0.05, 0.1) is 13.2 Å². The summed E-state index contributed by atoms with van der Waals surface area (Å²) in [4.78, 5) is 0. The fourth-order valence-electron chi connectivity index (χ4n) is 1.29. The van der Waals surface area contributed by atoms with E-state index in [1.807, 2.05) is 0 Å². The molecule has 0 aliphatic carbocycles. The van der Waals surface area contributed by atoms with Crippen LogP contribution in [-0.2, 0) is 4.74 Å². The van der Waals surface area contributed by atoms with Crippen LogP contribution < -0.4 is 5.73 Å². The molecule has 1 rings (SSSR count). The third-order valence-corrected chi connectivity index (χ3v) is 2.58. The van der Waals surface area contributed by atoms with Crippen LogP contribution in [-0.4, -0.2) is 30.0 Å². The first kappa shape index (κ1) is 8.97. The van der Waals surface area contributed by atoms with E-state index >= 15 is 0 Å². The van der Waals surface area contributed by atoms with Crippen LogP contribution in [0.1, 0.15) is 20.3 Å². The van der Waals surface area contributed by atoms with Crippen molar-refractivity contribution in [2.24, 2.45) is 11.7 Å². The molecule has 0 unspecified atom stereocenters. The Labute approximate surface area is 67.5 Å². The summed E-state index contributed by atoms with van der Waals surface area (Å²) in [6, 6.07) is -0.138. The van der Waals surface area contributed by atoms with Crippen molar-refractivity contribution in [2.75, 3.05) is 13.2 Å². The fourth-order valence-corrected chi connectivity index (χ4v) is 1.29. The molecular weight excluding hydrogens is 142 g/mol. The second-order valence-corrected chi connectivity index (χ2v) is 3.51. The summed E-state index contributed by atoms with van der Waals surface area (Å²) in [5, 5.41) is 9.73. The van der Waals surface area contributed by atoms with Gasteiger partial charge in [0, 0.05) is 6.04 Å². The molecule has 11 heavy (non-hydrogen) atoms. The number of ether oxygens (including phenoxy) is 1. The number of rotatable bonds is 3. The summed E-state index contributed by atoms with van der Waals surface area (Å²) in [6.07, 6.45) is 1.00. The van der Waals surface area contributed by atoms with E-state index in [4.69, 9.17) is 10.5 Å². The molecule has 0 bridgehead atoms. The minimum atomic E-state index is -0.741. The standard InChI is InChI=1S/C8H17NO2/c1-3-6(2)7(9)8(10)4-11-5-8/h6-7,10H,3-5,9H2,1-2H3/t6-,7-/m1/s1. The zero-order valence-corrected chi connectivity index (χ0v) is 7.21. The van der Waals surface area contributed by atoms with Crippen LogP contribution in [0.2, 0.25) is 0 Å². The Balaban J connectivity index is 2.45. The third kappa shape index (κ3) is 1.55. The largest absolute Gasteiger partial charge is 0.383 e. The summed E-state index contributed by atoms with van der Waals surface area (Å²) >= 11 is 0. The number of nitrogens with two attached hydrogens (primary N) is 1. The number of hydrogen-bond acceptors (Lipinski definition) is 3. The van der Waals surface area contributed by atoms with Gasteiger partial charge in [-0.3, -0.25) is 0 Å². The monoisotopic (exact) mass is 159 g/mol. The zero-order valence-electron chi connectivity index (χ0n) is 7.21. The molecule has 0 aromatic carbocycles. The first-order valence-electron chi connectivity index (χ1n) is 4.16. The van der Waals surface area contributed by atoms with E-state index in [-0.39, 0.29) is 6.04 Å². The van der Waals surface area contributed by atoms with Crippen molar-refractivity contribution in [1.82, 2.24) is 0 Å². The average Bonchev–Trinajstić information content (AvgIpc) is 1.97. The molecule has 1 heterocycles. The minimum absolute atomic E-state index is 0.138. The molecule has 0 amide bonds. The Bertz CT molecular complexity index is 134. The maximum Gasteiger partial charge on any atom is 0.126 e. The van der Waals surface area contributed by atoms with Gasteiger partial charge in [0.25, 0.3) is 0 Å². The summed E-state index contributed by atoms with van der Waals surface area (Å²) in [6.45, 7) is 4.94. The third-order valence-electron chi connectivity index (χ3n) is 2.58. The van der Waals surface area contributed by atoms with E-state index in [0.29, 0.717) is 19.1 Å². The van der Waals surface area contributed by atoms with E-state index in [2.05, 4.69) is 13.8 Å². The Morgan fingerprint density at radius 3 is 2.45 bits per heavy atom. The quantitative estimate of drug-likeness (QED) is 0.615. The predicted octanol–water partition coefficient (Wildman–Crippen LogP) is 0.121. The Kier molecular flexibility index (Phi) is 2.52. The molecule has 1 aliphatic rings. The van der Waals surface area contributed by atoms with Crippen molar-refractivity contribution in [3.05, 3.63) is 0 Å². The molecule has 2 atom stereocenters. The fraction of sp³-hybridized carbons (Fsp3) is 1.00. The smallest absolute Gasteiger partial charge is 0.126 e. The highest BCUT2D eigenvalue weighted by molar-refractivity contribution is 4.96. The molecule has 0 spiro atoms. The van der Waals surface area contributed by atoms with Crippen molar-refractivity contribution in [3.63, 3.8) is 0 Å². The van der Waals surface area contributed by atoms with Crippen molar-refractivity contribution in [3.8, 4) is 0 Å². The van der Waals surface area contributed by atoms with Gasteiger partial charge in [-0.05, 0) is 5.92 Å². The van der Waals surface area contributed by atoms with E-state index in [0.717, 1.165) is 6.42 Å². The van der Waals surface area contributed by atoms with Gasteiger partial charge in [0.2, 0.25) is 0 Å². The Morgan fingerprint density at radius 2 is 2.18 bits per heavy atom. The van der Waals surface area contributed by atoms with Crippen molar-refractivity contribution < 1.29 is 9.84 Å². The summed E-state index contributed by atoms with van der Waals surface area (Å²) in [7, 11) is 0. The van der Waals surface area contributed by atoms with Crippen LogP contribution in [0.3, 0.4) is 0 Å². The highest BCUT2D eigenvalue weighted by Crippen LogP contribution is 2.25. The topological polar surface area (TPSA) is 55.5 Å². The number of aliphatic hydroxyl groups is 1. The van der Waals surface area contributed by atoms with Gasteiger partial charge in [0.1, 0.15) is 5.60 Å². The highest BCUT2D eigenvalue weighted by Gasteiger charge is 2.43. The minimum Gasteiger partial charge on any atom is -0.383 e. The zero-order chi connectivity index (χ0) is 8.48. The van der Waals surface area contributed by atoms with Crippen molar-refractivity contribution in [2.45, 2.75) is 31.9 Å². The normalized spacial score (nSPS) is 27.3. The molecular formula is C8H17NO2. The van der Waals surface area contributed by atoms with Crippen LogP contribution in [0.5, 0.6) is 0 Å². The molecule has 1 aliphatic heterocycles. The van der Waals surface area contributed by atoms with Gasteiger partial charge in [-0.15, -0.1) is 0 Å². The summed E-state index contributed by atoms with van der Waals surface area (Å²) in [5.74, 6) is 0.365. The lowest BCUT2D eigenvalue weighted by Crippen LogP contribution is -2.63. The molecule has 1 saturated heterocycles. The first-order valence-corrected chi connectivity index (χ1v) is 4.16. The van der Waals surface area contributed by atoms with Crippen molar-refractivity contribution in [1.29, 1.82) is 0 Å². The van der Waals surface area contributed by atoms with Gasteiger partial charge in [-0.25, -0.2) is 0 Å². The lowest BCUT2D eigenvalue weighted by atomic mass is 9.83. The maximum atomic E-state index is 9.73. The second-order valence-electron chi connectivity index (χ2n) is 3.51. The molecule has 1 fully saturated rings. The van der Waals surface area contributed by atoms with E-state index in [1.165, 1.54) is 0 Å².